The Hall–Kier alpha value is -3.37. The minimum Gasteiger partial charge on any atom is -0.340 e. The van der Waals surface area contributed by atoms with Crippen molar-refractivity contribution in [2.75, 3.05) is 13.1 Å². The van der Waals surface area contributed by atoms with Gasteiger partial charge in [0, 0.05) is 24.5 Å². The Kier molecular flexibility index (Phi) is 7.37. The Labute approximate surface area is 211 Å². The Balaban J connectivity index is 1.54. The first-order chi connectivity index (χ1) is 17.1. The van der Waals surface area contributed by atoms with E-state index in [0.717, 1.165) is 5.56 Å². The summed E-state index contributed by atoms with van der Waals surface area (Å²) in [5, 5.41) is 2.83. The fourth-order valence-corrected chi connectivity index (χ4v) is 6.47. The van der Waals surface area contributed by atoms with Crippen LogP contribution in [0.4, 0.5) is 0 Å². The number of nitrogens with one attached hydrogen (secondary N) is 1. The number of rotatable bonds is 8. The molecule has 2 fully saturated rings. The van der Waals surface area contributed by atoms with Crippen LogP contribution in [0.2, 0.25) is 0 Å². The number of sulfonamides is 1. The number of carbonyl (C=O) groups excluding carboxylic acids is 3. The van der Waals surface area contributed by atoms with Crippen LogP contribution >= 0.6 is 0 Å². The number of pyridine rings is 1. The molecule has 10 heteroatoms. The predicted octanol–water partition coefficient (Wildman–Crippen LogP) is 2.11. The second-order valence-electron chi connectivity index (χ2n) is 9.52. The lowest BCUT2D eigenvalue weighted by molar-refractivity contribution is -0.138. The van der Waals surface area contributed by atoms with Crippen molar-refractivity contribution in [1.82, 2.24) is 19.5 Å². The number of hydrogen-bond acceptors (Lipinski definition) is 6. The van der Waals surface area contributed by atoms with Crippen molar-refractivity contribution in [3.63, 3.8) is 0 Å². The zero-order valence-electron chi connectivity index (χ0n) is 20.3. The van der Waals surface area contributed by atoms with Gasteiger partial charge >= 0.3 is 0 Å². The number of carbonyl (C=O) groups is 3. The van der Waals surface area contributed by atoms with E-state index in [4.69, 9.17) is 0 Å². The first-order valence-corrected chi connectivity index (χ1v) is 13.4. The summed E-state index contributed by atoms with van der Waals surface area (Å²) in [4.78, 5) is 44.9. The van der Waals surface area contributed by atoms with Crippen LogP contribution in [0.1, 0.15) is 42.6 Å². The molecule has 2 aromatic rings. The van der Waals surface area contributed by atoms with Crippen LogP contribution in [0.3, 0.4) is 0 Å². The monoisotopic (exact) mass is 510 g/mol. The molecular formula is C26H30N4O5S. The normalized spacial score (nSPS) is 20.9. The lowest BCUT2D eigenvalue weighted by Crippen LogP contribution is -2.53. The summed E-state index contributed by atoms with van der Waals surface area (Å²) < 4.78 is 27.6. The molecule has 4 rings (SSSR count). The van der Waals surface area contributed by atoms with Gasteiger partial charge in [-0.15, -0.1) is 0 Å². The zero-order chi connectivity index (χ0) is 26.0. The summed E-state index contributed by atoms with van der Waals surface area (Å²) >= 11 is 0. The number of aromatic nitrogens is 1. The highest BCUT2D eigenvalue weighted by Gasteiger charge is 2.54. The topological polar surface area (TPSA) is 117 Å². The molecule has 2 amide bonds. The first-order valence-electron chi connectivity index (χ1n) is 11.9. The van der Waals surface area contributed by atoms with Crippen LogP contribution in [-0.2, 0) is 19.6 Å². The number of amides is 2. The van der Waals surface area contributed by atoms with Gasteiger partial charge in [0.15, 0.2) is 5.78 Å². The average molecular weight is 511 g/mol. The number of nitrogens with zero attached hydrogens (tertiary/aromatic N) is 3. The minimum atomic E-state index is -3.94. The van der Waals surface area contributed by atoms with Crippen molar-refractivity contribution in [1.29, 1.82) is 0 Å². The Morgan fingerprint density at radius 2 is 1.94 bits per heavy atom. The molecule has 0 spiro atoms. The summed E-state index contributed by atoms with van der Waals surface area (Å²) in [5.74, 6) is -0.990. The Morgan fingerprint density at radius 1 is 1.22 bits per heavy atom. The van der Waals surface area contributed by atoms with Crippen molar-refractivity contribution >= 4 is 33.7 Å². The van der Waals surface area contributed by atoms with E-state index in [2.05, 4.69) is 16.9 Å². The second-order valence-corrected chi connectivity index (χ2v) is 11.4. The molecule has 0 saturated carbocycles. The molecule has 2 aliphatic rings. The molecule has 1 aromatic heterocycles. The van der Waals surface area contributed by atoms with E-state index >= 15 is 0 Å². The van der Waals surface area contributed by atoms with Crippen molar-refractivity contribution in [2.45, 2.75) is 49.7 Å². The summed E-state index contributed by atoms with van der Waals surface area (Å²) in [7, 11) is -3.94. The summed E-state index contributed by atoms with van der Waals surface area (Å²) in [6.07, 6.45) is 5.12. The number of benzene rings is 1. The fraction of sp³-hybridized carbons (Fsp3) is 0.385. The number of likely N-dealkylation sites (tertiary alicyclic amines) is 1. The lowest BCUT2D eigenvalue weighted by Gasteiger charge is -2.29. The van der Waals surface area contributed by atoms with Crippen LogP contribution in [-0.4, -0.2) is 71.4 Å². The summed E-state index contributed by atoms with van der Waals surface area (Å²) in [5.41, 5.74) is 1.28. The highest BCUT2D eigenvalue weighted by atomic mass is 32.2. The lowest BCUT2D eigenvalue weighted by atomic mass is 10.0. The third kappa shape index (κ3) is 4.96. The highest BCUT2D eigenvalue weighted by molar-refractivity contribution is 7.89. The van der Waals surface area contributed by atoms with Crippen molar-refractivity contribution < 1.29 is 22.8 Å². The number of Topliss-reactive ketones (excluding diaryl/α,β-unsaturated/α-hetero) is 1. The van der Waals surface area contributed by atoms with Gasteiger partial charge in [-0.1, -0.05) is 38.6 Å². The summed E-state index contributed by atoms with van der Waals surface area (Å²) in [6.45, 7) is 7.53. The molecule has 9 nitrogen and oxygen atoms in total. The fourth-order valence-electron chi connectivity index (χ4n) is 4.88. The van der Waals surface area contributed by atoms with Crippen molar-refractivity contribution in [3.05, 3.63) is 66.5 Å². The molecule has 0 aliphatic carbocycles. The second kappa shape index (κ2) is 10.3. The molecule has 190 valence electrons. The van der Waals surface area contributed by atoms with Crippen LogP contribution in [0.5, 0.6) is 0 Å². The van der Waals surface area contributed by atoms with E-state index in [0.29, 0.717) is 18.4 Å². The number of hydrogen-bond donors (Lipinski definition) is 1. The van der Waals surface area contributed by atoms with Gasteiger partial charge in [-0.05, 0) is 48.6 Å². The van der Waals surface area contributed by atoms with E-state index in [1.54, 1.807) is 30.3 Å². The minimum absolute atomic E-state index is 0.00986. The summed E-state index contributed by atoms with van der Waals surface area (Å²) in [6, 6.07) is 7.46. The Morgan fingerprint density at radius 3 is 2.56 bits per heavy atom. The molecule has 3 unspecified atom stereocenters. The standard InChI is InChI=1S/C26H30N4O5S/c1-4-18-7-9-19(10-8-18)25(32)28-21(14-17(2)3)26(33)29-13-11-22-24(29)23(31)16-30(22)36(34,35)20-6-5-12-27-15-20/h4-10,12,15,17,21-22,24H,1,11,13-14,16H2,2-3H3,(H,28,32). The molecule has 0 bridgehead atoms. The van der Waals surface area contributed by atoms with Gasteiger partial charge < -0.3 is 10.2 Å². The molecule has 1 aromatic carbocycles. The highest BCUT2D eigenvalue weighted by Crippen LogP contribution is 2.34. The third-order valence-electron chi connectivity index (χ3n) is 6.62. The van der Waals surface area contributed by atoms with Gasteiger partial charge in [-0.25, -0.2) is 8.42 Å². The van der Waals surface area contributed by atoms with E-state index in [1.165, 1.54) is 33.7 Å². The molecule has 0 radical (unpaired) electrons. The van der Waals surface area contributed by atoms with E-state index < -0.39 is 28.1 Å². The van der Waals surface area contributed by atoms with Crippen molar-refractivity contribution in [3.8, 4) is 0 Å². The van der Waals surface area contributed by atoms with Gasteiger partial charge in [-0.2, -0.15) is 4.31 Å². The quantitative estimate of drug-likeness (QED) is 0.581. The number of ketones is 1. The third-order valence-corrected chi connectivity index (χ3v) is 8.48. The zero-order valence-corrected chi connectivity index (χ0v) is 21.1. The maximum atomic E-state index is 13.6. The average Bonchev–Trinajstić information content (AvgIpc) is 3.45. The van der Waals surface area contributed by atoms with Crippen LogP contribution in [0.25, 0.3) is 6.08 Å². The van der Waals surface area contributed by atoms with E-state index in [9.17, 15) is 22.8 Å². The number of fused-ring (bicyclic) bond motifs is 1. The van der Waals surface area contributed by atoms with Gasteiger partial charge in [-0.3, -0.25) is 19.4 Å². The largest absolute Gasteiger partial charge is 0.340 e. The molecule has 36 heavy (non-hydrogen) atoms. The van der Waals surface area contributed by atoms with Gasteiger partial charge in [0.25, 0.3) is 5.91 Å². The van der Waals surface area contributed by atoms with E-state index in [1.807, 2.05) is 13.8 Å². The van der Waals surface area contributed by atoms with Crippen molar-refractivity contribution in [2.24, 2.45) is 5.92 Å². The predicted molar refractivity (Wildman–Crippen MR) is 134 cm³/mol. The van der Waals surface area contributed by atoms with Gasteiger partial charge in [0.05, 0.1) is 12.6 Å². The first kappa shape index (κ1) is 25.7. The molecule has 3 atom stereocenters. The molecule has 2 saturated heterocycles. The van der Waals surface area contributed by atoms with Crippen LogP contribution in [0.15, 0.2) is 60.3 Å². The van der Waals surface area contributed by atoms with Gasteiger partial charge in [0.2, 0.25) is 15.9 Å². The van der Waals surface area contributed by atoms with E-state index in [-0.39, 0.29) is 41.5 Å². The Bertz CT molecular complexity index is 1260. The maximum Gasteiger partial charge on any atom is 0.251 e. The molecule has 1 N–H and O–H groups in total. The SMILES string of the molecule is C=Cc1ccc(C(=O)NC(CC(C)C)C(=O)N2CCC3C2C(=O)CN3S(=O)(=O)c2cccnc2)cc1. The smallest absolute Gasteiger partial charge is 0.251 e. The molecule has 2 aliphatic heterocycles. The maximum absolute atomic E-state index is 13.6. The van der Waals surface area contributed by atoms with Gasteiger partial charge in [0.1, 0.15) is 17.0 Å². The molecular weight excluding hydrogens is 480 g/mol. The molecule has 3 heterocycles. The van der Waals surface area contributed by atoms with Crippen LogP contribution < -0.4 is 5.32 Å². The van der Waals surface area contributed by atoms with Crippen LogP contribution in [0, 0.1) is 5.92 Å².